The first-order valence-electron chi connectivity index (χ1n) is 6.33. The van der Waals surface area contributed by atoms with Gasteiger partial charge in [0, 0.05) is 5.56 Å². The molecule has 0 saturated heterocycles. The minimum absolute atomic E-state index is 0.488. The molecule has 0 aliphatic heterocycles. The van der Waals surface area contributed by atoms with E-state index in [4.69, 9.17) is 19.9 Å². The summed E-state index contributed by atoms with van der Waals surface area (Å²) in [6.45, 7) is 2.00. The Morgan fingerprint density at radius 1 is 1.11 bits per heavy atom. The number of aliphatic hydroxyl groups is 1. The van der Waals surface area contributed by atoms with Crippen LogP contribution < -0.4 is 19.9 Å². The molecule has 1 aromatic carbocycles. The van der Waals surface area contributed by atoms with Crippen molar-refractivity contribution in [3.05, 3.63) is 17.7 Å². The van der Waals surface area contributed by atoms with E-state index in [2.05, 4.69) is 0 Å². The molecule has 0 aliphatic carbocycles. The standard InChI is InChI=1S/C14H23NO4/c1-5-6-10(16)12(15)9-7-8-11(17-2)14(19-4)13(9)18-3/h7-8,10,12,16H,5-6,15H2,1-4H3/t10-,12+/m1/s1. The van der Waals surface area contributed by atoms with Crippen LogP contribution in [0.2, 0.25) is 0 Å². The molecule has 0 aliphatic rings. The Bertz CT molecular complexity index is 409. The van der Waals surface area contributed by atoms with Crippen molar-refractivity contribution in [3.8, 4) is 17.2 Å². The van der Waals surface area contributed by atoms with Gasteiger partial charge in [0.1, 0.15) is 0 Å². The molecule has 1 aromatic rings. The molecule has 5 nitrogen and oxygen atoms in total. The van der Waals surface area contributed by atoms with Gasteiger partial charge in [-0.3, -0.25) is 0 Å². The molecule has 0 radical (unpaired) electrons. The van der Waals surface area contributed by atoms with Crippen LogP contribution in [0.1, 0.15) is 31.4 Å². The Hall–Kier alpha value is -1.46. The third kappa shape index (κ3) is 3.30. The molecule has 3 N–H and O–H groups in total. The second-order valence-electron chi connectivity index (χ2n) is 4.31. The maximum Gasteiger partial charge on any atom is 0.203 e. The maximum atomic E-state index is 10.0. The van der Waals surface area contributed by atoms with Crippen LogP contribution in [0.3, 0.4) is 0 Å². The van der Waals surface area contributed by atoms with E-state index in [1.807, 2.05) is 6.92 Å². The van der Waals surface area contributed by atoms with Gasteiger partial charge in [-0.2, -0.15) is 0 Å². The molecule has 2 atom stereocenters. The lowest BCUT2D eigenvalue weighted by Gasteiger charge is -2.23. The summed E-state index contributed by atoms with van der Waals surface area (Å²) in [6.07, 6.45) is 0.889. The molecule has 0 spiro atoms. The monoisotopic (exact) mass is 269 g/mol. The second-order valence-corrected chi connectivity index (χ2v) is 4.31. The quantitative estimate of drug-likeness (QED) is 0.790. The Kier molecular flexibility index (Phi) is 5.92. The number of hydrogen-bond donors (Lipinski definition) is 2. The van der Waals surface area contributed by atoms with Gasteiger partial charge in [-0.05, 0) is 18.6 Å². The second kappa shape index (κ2) is 7.21. The van der Waals surface area contributed by atoms with Gasteiger partial charge in [0.15, 0.2) is 11.5 Å². The molecule has 0 saturated carbocycles. The van der Waals surface area contributed by atoms with Gasteiger partial charge in [0.2, 0.25) is 5.75 Å². The molecule has 0 bridgehead atoms. The summed E-state index contributed by atoms with van der Waals surface area (Å²) in [5, 5.41) is 10.0. The predicted molar refractivity (Wildman–Crippen MR) is 73.9 cm³/mol. The molecule has 19 heavy (non-hydrogen) atoms. The summed E-state index contributed by atoms with van der Waals surface area (Å²) in [5.41, 5.74) is 6.80. The van der Waals surface area contributed by atoms with E-state index in [0.29, 0.717) is 29.2 Å². The van der Waals surface area contributed by atoms with E-state index >= 15 is 0 Å². The largest absolute Gasteiger partial charge is 0.493 e. The van der Waals surface area contributed by atoms with Crippen LogP contribution >= 0.6 is 0 Å². The van der Waals surface area contributed by atoms with E-state index in [1.165, 1.54) is 7.11 Å². The van der Waals surface area contributed by atoms with E-state index in [0.717, 1.165) is 6.42 Å². The van der Waals surface area contributed by atoms with Crippen LogP contribution in [-0.2, 0) is 0 Å². The van der Waals surface area contributed by atoms with Gasteiger partial charge in [0.25, 0.3) is 0 Å². The van der Waals surface area contributed by atoms with Crippen LogP contribution in [0.5, 0.6) is 17.2 Å². The predicted octanol–water partition coefficient (Wildman–Crippen LogP) is 1.87. The number of nitrogens with two attached hydrogens (primary N) is 1. The summed E-state index contributed by atoms with van der Waals surface area (Å²) < 4.78 is 15.9. The Morgan fingerprint density at radius 2 is 1.74 bits per heavy atom. The fraction of sp³-hybridized carbons (Fsp3) is 0.571. The van der Waals surface area contributed by atoms with Crippen LogP contribution in [0, 0.1) is 0 Å². The van der Waals surface area contributed by atoms with Gasteiger partial charge in [0.05, 0.1) is 33.5 Å². The number of hydrogen-bond acceptors (Lipinski definition) is 5. The van der Waals surface area contributed by atoms with Gasteiger partial charge in [-0.25, -0.2) is 0 Å². The zero-order valence-electron chi connectivity index (χ0n) is 12.0. The third-order valence-corrected chi connectivity index (χ3v) is 3.09. The van der Waals surface area contributed by atoms with Gasteiger partial charge >= 0.3 is 0 Å². The smallest absolute Gasteiger partial charge is 0.203 e. The van der Waals surface area contributed by atoms with Crippen LogP contribution in [0.4, 0.5) is 0 Å². The lowest BCUT2D eigenvalue weighted by molar-refractivity contribution is 0.132. The van der Waals surface area contributed by atoms with E-state index in [-0.39, 0.29) is 0 Å². The zero-order valence-corrected chi connectivity index (χ0v) is 12.0. The van der Waals surface area contributed by atoms with Crippen molar-refractivity contribution in [3.63, 3.8) is 0 Å². The summed E-state index contributed by atoms with van der Waals surface area (Å²) >= 11 is 0. The maximum absolute atomic E-state index is 10.0. The van der Waals surface area contributed by atoms with Crippen molar-refractivity contribution in [1.29, 1.82) is 0 Å². The molecule has 0 heterocycles. The number of methoxy groups -OCH3 is 3. The summed E-state index contributed by atoms with van der Waals surface area (Å²) in [7, 11) is 4.64. The highest BCUT2D eigenvalue weighted by atomic mass is 16.5. The fourth-order valence-electron chi connectivity index (χ4n) is 2.07. The van der Waals surface area contributed by atoms with Crippen molar-refractivity contribution >= 4 is 0 Å². The fourth-order valence-corrected chi connectivity index (χ4v) is 2.07. The molecule has 0 fully saturated rings. The summed E-state index contributed by atoms with van der Waals surface area (Å²) in [5.74, 6) is 1.56. The van der Waals surface area contributed by atoms with Crippen molar-refractivity contribution in [2.45, 2.75) is 31.9 Å². The average molecular weight is 269 g/mol. The van der Waals surface area contributed by atoms with E-state index < -0.39 is 12.1 Å². The third-order valence-electron chi connectivity index (χ3n) is 3.09. The molecule has 0 aromatic heterocycles. The van der Waals surface area contributed by atoms with E-state index in [1.54, 1.807) is 26.4 Å². The summed E-state index contributed by atoms with van der Waals surface area (Å²) in [6, 6.07) is 3.04. The first-order valence-corrected chi connectivity index (χ1v) is 6.33. The molecular weight excluding hydrogens is 246 g/mol. The minimum atomic E-state index is -0.614. The molecule has 1 rings (SSSR count). The number of aliphatic hydroxyl groups excluding tert-OH is 1. The Labute approximate surface area is 114 Å². The minimum Gasteiger partial charge on any atom is -0.493 e. The molecular formula is C14H23NO4. The lowest BCUT2D eigenvalue weighted by atomic mass is 9.97. The normalized spacial score (nSPS) is 13.8. The molecule has 0 amide bonds. The number of benzene rings is 1. The topological polar surface area (TPSA) is 73.9 Å². The molecule has 5 heteroatoms. The zero-order chi connectivity index (χ0) is 14.4. The Morgan fingerprint density at radius 3 is 2.21 bits per heavy atom. The van der Waals surface area contributed by atoms with Crippen LogP contribution in [0.25, 0.3) is 0 Å². The van der Waals surface area contributed by atoms with Crippen molar-refractivity contribution in [2.24, 2.45) is 5.73 Å². The van der Waals surface area contributed by atoms with Crippen molar-refractivity contribution in [2.75, 3.05) is 21.3 Å². The summed E-state index contributed by atoms with van der Waals surface area (Å²) in [4.78, 5) is 0. The van der Waals surface area contributed by atoms with Gasteiger partial charge < -0.3 is 25.1 Å². The highest BCUT2D eigenvalue weighted by Crippen LogP contribution is 2.42. The van der Waals surface area contributed by atoms with Crippen molar-refractivity contribution in [1.82, 2.24) is 0 Å². The number of rotatable bonds is 7. The first kappa shape index (κ1) is 15.6. The molecule has 0 unspecified atom stereocenters. The SMILES string of the molecule is CCC[C@@H](O)[C@@H](N)c1ccc(OC)c(OC)c1OC. The first-order chi connectivity index (χ1) is 9.10. The highest BCUT2D eigenvalue weighted by Gasteiger charge is 2.24. The Balaban J connectivity index is 3.20. The van der Waals surface area contributed by atoms with Crippen molar-refractivity contribution < 1.29 is 19.3 Å². The lowest BCUT2D eigenvalue weighted by Crippen LogP contribution is -2.26. The molecule has 108 valence electrons. The van der Waals surface area contributed by atoms with Gasteiger partial charge in [-0.15, -0.1) is 0 Å². The van der Waals surface area contributed by atoms with Crippen LogP contribution in [-0.4, -0.2) is 32.5 Å². The van der Waals surface area contributed by atoms with E-state index in [9.17, 15) is 5.11 Å². The highest BCUT2D eigenvalue weighted by molar-refractivity contribution is 5.56. The van der Waals surface area contributed by atoms with Crippen LogP contribution in [0.15, 0.2) is 12.1 Å². The van der Waals surface area contributed by atoms with Gasteiger partial charge in [-0.1, -0.05) is 13.3 Å². The average Bonchev–Trinajstić information content (AvgIpc) is 2.44. The number of ether oxygens (including phenoxy) is 3.